The minimum Gasteiger partial charge on any atom is -0.391 e. The molecule has 0 bridgehead atoms. The molecule has 6 nitrogen and oxygen atoms in total. The van der Waals surface area contributed by atoms with Gasteiger partial charge in [0.05, 0.1) is 51.3 Å². The summed E-state index contributed by atoms with van der Waals surface area (Å²) in [6, 6.07) is 0. The third-order valence-electron chi connectivity index (χ3n) is 2.29. The summed E-state index contributed by atoms with van der Waals surface area (Å²) >= 11 is 0. The Morgan fingerprint density at radius 3 is 1.63 bits per heavy atom. The number of aliphatic hydroxyl groups is 2. The molecular weight excluding hydrogens is 252 g/mol. The summed E-state index contributed by atoms with van der Waals surface area (Å²) in [5, 5.41) is 18.2. The van der Waals surface area contributed by atoms with Gasteiger partial charge in [-0.25, -0.2) is 0 Å². The third kappa shape index (κ3) is 12.5. The highest BCUT2D eigenvalue weighted by atomic mass is 16.6. The fourth-order valence-electron chi connectivity index (χ4n) is 1.22. The molecule has 0 rings (SSSR count). The highest BCUT2D eigenvalue weighted by molar-refractivity contribution is 4.59. The Hall–Kier alpha value is -0.240. The second kappa shape index (κ2) is 11.6. The Morgan fingerprint density at radius 2 is 1.26 bits per heavy atom. The Morgan fingerprint density at radius 1 is 0.789 bits per heavy atom. The molecule has 2 N–H and O–H groups in total. The van der Waals surface area contributed by atoms with Crippen LogP contribution < -0.4 is 0 Å². The van der Waals surface area contributed by atoms with Crippen molar-refractivity contribution in [3.05, 3.63) is 0 Å². The Kier molecular flexibility index (Phi) is 11.4. The molecule has 0 fully saturated rings. The van der Waals surface area contributed by atoms with Gasteiger partial charge in [0, 0.05) is 7.11 Å². The largest absolute Gasteiger partial charge is 0.391 e. The van der Waals surface area contributed by atoms with Crippen molar-refractivity contribution in [2.45, 2.75) is 45.2 Å². The summed E-state index contributed by atoms with van der Waals surface area (Å²) in [6.45, 7) is 6.86. The van der Waals surface area contributed by atoms with Gasteiger partial charge in [-0.1, -0.05) is 0 Å². The van der Waals surface area contributed by atoms with E-state index in [1.54, 1.807) is 21.0 Å². The molecule has 0 radical (unpaired) electrons. The molecular formula is C13H28O6. The molecule has 19 heavy (non-hydrogen) atoms. The SMILES string of the molecule is COC(C)COC(COCC(C)O)COCC(C)O. The summed E-state index contributed by atoms with van der Waals surface area (Å²) in [7, 11) is 1.62. The van der Waals surface area contributed by atoms with Crippen LogP contribution in [0.5, 0.6) is 0 Å². The number of hydrogen-bond donors (Lipinski definition) is 2. The number of hydrogen-bond acceptors (Lipinski definition) is 6. The molecule has 3 atom stereocenters. The van der Waals surface area contributed by atoms with Crippen LogP contribution in [0.25, 0.3) is 0 Å². The normalized spacial score (nSPS) is 18.0. The Balaban J connectivity index is 3.92. The maximum absolute atomic E-state index is 9.12. The van der Waals surface area contributed by atoms with Crippen molar-refractivity contribution in [3.8, 4) is 0 Å². The van der Waals surface area contributed by atoms with E-state index < -0.39 is 12.2 Å². The van der Waals surface area contributed by atoms with E-state index in [-0.39, 0.29) is 25.4 Å². The minimum absolute atomic E-state index is 0.00368. The quantitative estimate of drug-likeness (QED) is 0.532. The lowest BCUT2D eigenvalue weighted by Crippen LogP contribution is -2.31. The lowest BCUT2D eigenvalue weighted by atomic mass is 10.3. The van der Waals surface area contributed by atoms with Crippen LogP contribution in [0.2, 0.25) is 0 Å². The second-order valence-electron chi connectivity index (χ2n) is 4.77. The zero-order valence-electron chi connectivity index (χ0n) is 12.4. The summed E-state index contributed by atoms with van der Waals surface area (Å²) < 4.78 is 21.4. The smallest absolute Gasteiger partial charge is 0.104 e. The highest BCUT2D eigenvalue weighted by Gasteiger charge is 2.13. The molecule has 0 aliphatic heterocycles. The highest BCUT2D eigenvalue weighted by Crippen LogP contribution is 2.00. The van der Waals surface area contributed by atoms with Gasteiger partial charge in [0.15, 0.2) is 0 Å². The molecule has 0 saturated carbocycles. The molecule has 0 aromatic carbocycles. The topological polar surface area (TPSA) is 77.4 Å². The zero-order valence-corrected chi connectivity index (χ0v) is 12.4. The molecule has 6 heteroatoms. The van der Waals surface area contributed by atoms with E-state index in [4.69, 9.17) is 29.2 Å². The van der Waals surface area contributed by atoms with Crippen LogP contribution in [0.4, 0.5) is 0 Å². The van der Waals surface area contributed by atoms with Gasteiger partial charge in [-0.2, -0.15) is 0 Å². The molecule has 0 amide bonds. The lowest BCUT2D eigenvalue weighted by molar-refractivity contribution is -0.0967. The summed E-state index contributed by atoms with van der Waals surface area (Å²) in [4.78, 5) is 0. The average Bonchev–Trinajstić information content (AvgIpc) is 2.33. The van der Waals surface area contributed by atoms with Gasteiger partial charge < -0.3 is 29.2 Å². The number of methoxy groups -OCH3 is 1. The molecule has 0 aliphatic rings. The van der Waals surface area contributed by atoms with Crippen LogP contribution in [-0.4, -0.2) is 74.8 Å². The van der Waals surface area contributed by atoms with Crippen molar-refractivity contribution in [2.75, 3.05) is 40.1 Å². The second-order valence-corrected chi connectivity index (χ2v) is 4.77. The van der Waals surface area contributed by atoms with Crippen molar-refractivity contribution >= 4 is 0 Å². The maximum Gasteiger partial charge on any atom is 0.104 e. The fourth-order valence-corrected chi connectivity index (χ4v) is 1.22. The van der Waals surface area contributed by atoms with Gasteiger partial charge in [0.25, 0.3) is 0 Å². The Labute approximate surface area is 115 Å². The first-order valence-electron chi connectivity index (χ1n) is 6.61. The average molecular weight is 280 g/mol. The minimum atomic E-state index is -0.503. The van der Waals surface area contributed by atoms with Crippen molar-refractivity contribution in [2.24, 2.45) is 0 Å². The number of ether oxygens (including phenoxy) is 4. The first-order valence-corrected chi connectivity index (χ1v) is 6.61. The lowest BCUT2D eigenvalue weighted by Gasteiger charge is -2.21. The number of rotatable bonds is 12. The van der Waals surface area contributed by atoms with E-state index in [2.05, 4.69) is 0 Å². The first-order chi connectivity index (χ1) is 8.95. The van der Waals surface area contributed by atoms with Gasteiger partial charge in [-0.3, -0.25) is 0 Å². The molecule has 0 aliphatic carbocycles. The standard InChI is InChI=1S/C13H28O6/c1-10(14)5-17-8-13(9-18-6-11(2)15)19-7-12(3)16-4/h10-15H,5-9H2,1-4H3. The first kappa shape index (κ1) is 18.8. The molecule has 0 saturated heterocycles. The third-order valence-corrected chi connectivity index (χ3v) is 2.29. The van der Waals surface area contributed by atoms with Gasteiger partial charge >= 0.3 is 0 Å². The van der Waals surface area contributed by atoms with Crippen LogP contribution >= 0.6 is 0 Å². The molecule has 0 aromatic heterocycles. The van der Waals surface area contributed by atoms with E-state index in [9.17, 15) is 0 Å². The molecule has 0 heterocycles. The monoisotopic (exact) mass is 280 g/mol. The van der Waals surface area contributed by atoms with Crippen LogP contribution in [-0.2, 0) is 18.9 Å². The predicted octanol–water partition coefficient (Wildman–Crippen LogP) is 0.201. The van der Waals surface area contributed by atoms with Gasteiger partial charge in [-0.05, 0) is 20.8 Å². The summed E-state index contributed by atoms with van der Waals surface area (Å²) in [5.74, 6) is 0. The Bertz CT molecular complexity index is 184. The van der Waals surface area contributed by atoms with Crippen LogP contribution in [0.1, 0.15) is 20.8 Å². The number of aliphatic hydroxyl groups excluding tert-OH is 2. The van der Waals surface area contributed by atoms with Crippen molar-refractivity contribution in [1.82, 2.24) is 0 Å². The van der Waals surface area contributed by atoms with Crippen molar-refractivity contribution in [1.29, 1.82) is 0 Å². The molecule has 116 valence electrons. The van der Waals surface area contributed by atoms with Crippen molar-refractivity contribution < 1.29 is 29.2 Å². The van der Waals surface area contributed by atoms with Crippen molar-refractivity contribution in [3.63, 3.8) is 0 Å². The fraction of sp³-hybridized carbons (Fsp3) is 1.00. The molecule has 3 unspecified atom stereocenters. The van der Waals surface area contributed by atoms with E-state index >= 15 is 0 Å². The van der Waals surface area contributed by atoms with E-state index in [0.717, 1.165) is 0 Å². The predicted molar refractivity (Wildman–Crippen MR) is 71.2 cm³/mol. The van der Waals surface area contributed by atoms with E-state index in [1.807, 2.05) is 6.92 Å². The van der Waals surface area contributed by atoms with Crippen LogP contribution in [0, 0.1) is 0 Å². The van der Waals surface area contributed by atoms with E-state index in [1.165, 1.54) is 0 Å². The van der Waals surface area contributed by atoms with Crippen LogP contribution in [0.3, 0.4) is 0 Å². The van der Waals surface area contributed by atoms with Gasteiger partial charge in [0.1, 0.15) is 6.10 Å². The van der Waals surface area contributed by atoms with Crippen LogP contribution in [0.15, 0.2) is 0 Å². The van der Waals surface area contributed by atoms with Gasteiger partial charge in [0.2, 0.25) is 0 Å². The molecule has 0 aromatic rings. The summed E-state index contributed by atoms with van der Waals surface area (Å²) in [6.07, 6.45) is -1.25. The van der Waals surface area contributed by atoms with Gasteiger partial charge in [-0.15, -0.1) is 0 Å². The zero-order chi connectivity index (χ0) is 14.7. The molecule has 0 spiro atoms. The van der Waals surface area contributed by atoms with E-state index in [0.29, 0.717) is 19.8 Å². The maximum atomic E-state index is 9.12. The summed E-state index contributed by atoms with van der Waals surface area (Å²) in [5.41, 5.74) is 0.